The minimum absolute atomic E-state index is 0.00685. The molecule has 0 aliphatic carbocycles. The maximum atomic E-state index is 13.4. The Morgan fingerprint density at radius 1 is 1.22 bits per heavy atom. The molecule has 0 bridgehead atoms. The van der Waals surface area contributed by atoms with E-state index in [0.29, 0.717) is 17.2 Å². The Labute approximate surface area is 171 Å². The molecule has 27 heavy (non-hydrogen) atoms. The Bertz CT molecular complexity index is 671. The van der Waals surface area contributed by atoms with E-state index in [2.05, 4.69) is 20.4 Å². The largest absolute Gasteiger partial charge is 0.331 e. The van der Waals surface area contributed by atoms with Crippen LogP contribution >= 0.6 is 11.6 Å². The second-order valence-corrected chi connectivity index (χ2v) is 10.5. The molecule has 0 radical (unpaired) electrons. The summed E-state index contributed by atoms with van der Waals surface area (Å²) in [6.45, 7) is 12.0. The van der Waals surface area contributed by atoms with E-state index in [9.17, 15) is 9.00 Å². The van der Waals surface area contributed by atoms with Crippen LogP contribution < -0.4 is 0 Å². The SMILES string of the molecule is C=CCC1CCC(c2ccc(Cl)cc2)N(C(CS(=O)C(C)C)C(C)C)C1=O. The van der Waals surface area contributed by atoms with Crippen LogP contribution in [0.1, 0.15) is 58.6 Å². The summed E-state index contributed by atoms with van der Waals surface area (Å²) in [6.07, 6.45) is 4.29. The number of carbonyl (C=O) groups excluding carboxylic acids is 1. The summed E-state index contributed by atoms with van der Waals surface area (Å²) in [4.78, 5) is 15.5. The van der Waals surface area contributed by atoms with Crippen LogP contribution in [0.4, 0.5) is 0 Å². The Morgan fingerprint density at radius 3 is 2.37 bits per heavy atom. The Hall–Kier alpha value is -1.13. The van der Waals surface area contributed by atoms with Crippen molar-refractivity contribution in [3.63, 3.8) is 0 Å². The monoisotopic (exact) mass is 409 g/mol. The molecule has 2 rings (SSSR count). The lowest BCUT2D eigenvalue weighted by molar-refractivity contribution is -0.145. The number of hydrogen-bond acceptors (Lipinski definition) is 2. The number of carbonyl (C=O) groups is 1. The third-order valence-corrected chi connectivity index (χ3v) is 7.40. The van der Waals surface area contributed by atoms with Gasteiger partial charge in [0.05, 0.1) is 6.04 Å². The summed E-state index contributed by atoms with van der Waals surface area (Å²) < 4.78 is 12.6. The molecule has 150 valence electrons. The number of halogens is 1. The van der Waals surface area contributed by atoms with Gasteiger partial charge in [0.25, 0.3) is 0 Å². The van der Waals surface area contributed by atoms with Gasteiger partial charge in [-0.25, -0.2) is 0 Å². The molecule has 0 saturated carbocycles. The van der Waals surface area contributed by atoms with Gasteiger partial charge in [-0.2, -0.15) is 0 Å². The van der Waals surface area contributed by atoms with Crippen molar-refractivity contribution in [2.45, 2.75) is 64.3 Å². The summed E-state index contributed by atoms with van der Waals surface area (Å²) in [7, 11) is -0.964. The van der Waals surface area contributed by atoms with E-state index >= 15 is 0 Å². The van der Waals surface area contributed by atoms with Gasteiger partial charge in [0, 0.05) is 38.8 Å². The van der Waals surface area contributed by atoms with Gasteiger partial charge in [0.2, 0.25) is 5.91 Å². The molecule has 0 spiro atoms. The topological polar surface area (TPSA) is 37.4 Å². The van der Waals surface area contributed by atoms with Crippen molar-refractivity contribution in [3.05, 3.63) is 47.5 Å². The quantitative estimate of drug-likeness (QED) is 0.540. The number of likely N-dealkylation sites (tertiary alicyclic amines) is 1. The molecule has 0 aromatic heterocycles. The lowest BCUT2D eigenvalue weighted by Gasteiger charge is -2.45. The molecular formula is C22H32ClNO2S. The first-order valence-corrected chi connectivity index (χ1v) is 11.6. The summed E-state index contributed by atoms with van der Waals surface area (Å²) in [5, 5.41) is 0.780. The van der Waals surface area contributed by atoms with Gasteiger partial charge in [-0.15, -0.1) is 6.58 Å². The maximum absolute atomic E-state index is 13.4. The van der Waals surface area contributed by atoms with E-state index in [-0.39, 0.29) is 35.1 Å². The number of rotatable bonds is 8. The van der Waals surface area contributed by atoms with Crippen LogP contribution in [-0.4, -0.2) is 32.1 Å². The minimum atomic E-state index is -0.964. The molecule has 1 amide bonds. The van der Waals surface area contributed by atoms with E-state index < -0.39 is 10.8 Å². The third kappa shape index (κ3) is 5.45. The fourth-order valence-corrected chi connectivity index (χ4v) is 5.16. The first-order chi connectivity index (χ1) is 12.8. The van der Waals surface area contributed by atoms with E-state index in [1.165, 1.54) is 0 Å². The predicted octanol–water partition coefficient (Wildman–Crippen LogP) is 5.38. The van der Waals surface area contributed by atoms with Gasteiger partial charge < -0.3 is 4.90 Å². The predicted molar refractivity (Wildman–Crippen MR) is 115 cm³/mol. The van der Waals surface area contributed by atoms with Crippen LogP contribution in [0, 0.1) is 11.8 Å². The number of benzene rings is 1. The summed E-state index contributed by atoms with van der Waals surface area (Å²) in [5.74, 6) is 0.890. The van der Waals surface area contributed by atoms with Gasteiger partial charge in [0.1, 0.15) is 0 Å². The number of hydrogen-bond donors (Lipinski definition) is 0. The van der Waals surface area contributed by atoms with E-state index in [1.54, 1.807) is 0 Å². The molecule has 1 aliphatic rings. The van der Waals surface area contributed by atoms with Crippen molar-refractivity contribution in [1.82, 2.24) is 4.90 Å². The van der Waals surface area contributed by atoms with Gasteiger partial charge in [-0.3, -0.25) is 9.00 Å². The zero-order valence-electron chi connectivity index (χ0n) is 16.9. The summed E-state index contributed by atoms with van der Waals surface area (Å²) >= 11 is 6.06. The second kappa shape index (κ2) is 9.88. The zero-order chi connectivity index (χ0) is 20.1. The first-order valence-electron chi connectivity index (χ1n) is 9.82. The molecule has 1 aromatic carbocycles. The van der Waals surface area contributed by atoms with Crippen molar-refractivity contribution in [1.29, 1.82) is 0 Å². The molecule has 3 nitrogen and oxygen atoms in total. The smallest absolute Gasteiger partial charge is 0.226 e. The zero-order valence-corrected chi connectivity index (χ0v) is 18.4. The highest BCUT2D eigenvalue weighted by molar-refractivity contribution is 7.85. The van der Waals surface area contributed by atoms with Crippen molar-refractivity contribution in [2.24, 2.45) is 11.8 Å². The average Bonchev–Trinajstić information content (AvgIpc) is 2.62. The number of piperidine rings is 1. The van der Waals surface area contributed by atoms with Gasteiger partial charge in [0.15, 0.2) is 0 Å². The lowest BCUT2D eigenvalue weighted by atomic mass is 9.84. The molecule has 4 unspecified atom stereocenters. The fraction of sp³-hybridized carbons (Fsp3) is 0.591. The van der Waals surface area contributed by atoms with Gasteiger partial charge in [-0.1, -0.05) is 57.5 Å². The highest BCUT2D eigenvalue weighted by Crippen LogP contribution is 2.39. The number of amides is 1. The maximum Gasteiger partial charge on any atom is 0.226 e. The van der Waals surface area contributed by atoms with Gasteiger partial charge in [-0.05, 0) is 42.9 Å². The summed E-state index contributed by atoms with van der Waals surface area (Å²) in [5.41, 5.74) is 1.10. The molecule has 0 N–H and O–H groups in total. The van der Waals surface area contributed by atoms with Crippen molar-refractivity contribution in [2.75, 3.05) is 5.75 Å². The average molecular weight is 410 g/mol. The lowest BCUT2D eigenvalue weighted by Crippen LogP contribution is -2.53. The molecule has 1 fully saturated rings. The molecule has 1 heterocycles. The molecule has 1 aromatic rings. The van der Waals surface area contributed by atoms with Crippen molar-refractivity contribution in [3.8, 4) is 0 Å². The first kappa shape index (κ1) is 22.2. The molecule has 1 aliphatic heterocycles. The molecule has 4 atom stereocenters. The highest BCUT2D eigenvalue weighted by atomic mass is 35.5. The molecule has 5 heteroatoms. The van der Waals surface area contributed by atoms with Crippen LogP contribution in [0.15, 0.2) is 36.9 Å². The molecular weight excluding hydrogens is 378 g/mol. The highest BCUT2D eigenvalue weighted by Gasteiger charge is 2.41. The standard InChI is InChI=1S/C22H32ClNO2S/c1-6-7-18-10-13-20(17-8-11-19(23)12-9-17)24(22(18)25)21(15(2)3)14-27(26)16(4)5/h6,8-9,11-12,15-16,18,20-21H,1,7,10,13-14H2,2-5H3. The van der Waals surface area contributed by atoms with Crippen LogP contribution in [0.25, 0.3) is 0 Å². The van der Waals surface area contributed by atoms with Crippen LogP contribution in [0.3, 0.4) is 0 Å². The number of nitrogens with zero attached hydrogens (tertiary/aromatic N) is 1. The third-order valence-electron chi connectivity index (χ3n) is 5.42. The normalized spacial score (nSPS) is 22.9. The molecule has 1 saturated heterocycles. The van der Waals surface area contributed by atoms with Gasteiger partial charge >= 0.3 is 0 Å². The van der Waals surface area contributed by atoms with Crippen LogP contribution in [0.2, 0.25) is 5.02 Å². The van der Waals surface area contributed by atoms with Crippen LogP contribution in [0.5, 0.6) is 0 Å². The van der Waals surface area contributed by atoms with E-state index in [1.807, 2.05) is 49.1 Å². The van der Waals surface area contributed by atoms with E-state index in [0.717, 1.165) is 18.4 Å². The van der Waals surface area contributed by atoms with Crippen molar-refractivity contribution >= 4 is 28.3 Å². The van der Waals surface area contributed by atoms with Crippen molar-refractivity contribution < 1.29 is 9.00 Å². The Balaban J connectivity index is 2.41. The summed E-state index contributed by atoms with van der Waals surface area (Å²) in [6, 6.07) is 7.75. The Morgan fingerprint density at radius 2 is 1.85 bits per heavy atom. The number of allylic oxidation sites excluding steroid dienone is 1. The minimum Gasteiger partial charge on any atom is -0.331 e. The second-order valence-electron chi connectivity index (χ2n) is 8.02. The van der Waals surface area contributed by atoms with E-state index in [4.69, 9.17) is 11.6 Å². The van der Waals surface area contributed by atoms with Crippen LogP contribution in [-0.2, 0) is 15.6 Å². The Kier molecular flexibility index (Phi) is 8.11. The fourth-order valence-electron chi connectivity index (χ4n) is 3.77.